The summed E-state index contributed by atoms with van der Waals surface area (Å²) in [5, 5.41) is 31.6. The van der Waals surface area contributed by atoms with Crippen molar-refractivity contribution >= 4 is 0 Å². The van der Waals surface area contributed by atoms with Crippen LogP contribution in [-0.4, -0.2) is 34.1 Å². The van der Waals surface area contributed by atoms with Crippen LogP contribution >= 0.6 is 0 Å². The molecule has 4 nitrogen and oxygen atoms in total. The Hall–Kier alpha value is -1.62. The summed E-state index contributed by atoms with van der Waals surface area (Å²) in [6.07, 6.45) is 13.3. The van der Waals surface area contributed by atoms with Crippen molar-refractivity contribution in [1.29, 1.82) is 0 Å². The molecule has 198 valence electrons. The van der Waals surface area contributed by atoms with Crippen LogP contribution in [0.5, 0.6) is 5.75 Å². The van der Waals surface area contributed by atoms with Crippen LogP contribution in [0, 0.1) is 28.6 Å². The van der Waals surface area contributed by atoms with Gasteiger partial charge < -0.3 is 20.1 Å². The van der Waals surface area contributed by atoms with Crippen LogP contribution in [0.25, 0.3) is 0 Å². The second kappa shape index (κ2) is 9.60. The lowest BCUT2D eigenvalue weighted by Crippen LogP contribution is -2.39. The number of allylic oxidation sites excluding steroid dienone is 3. The van der Waals surface area contributed by atoms with E-state index in [0.29, 0.717) is 42.6 Å². The fourth-order valence-corrected chi connectivity index (χ4v) is 7.90. The van der Waals surface area contributed by atoms with Gasteiger partial charge in [-0.3, -0.25) is 0 Å². The smallest absolute Gasteiger partial charge is 0.119 e. The molecule has 1 aromatic carbocycles. The van der Waals surface area contributed by atoms with Gasteiger partial charge in [0.2, 0.25) is 0 Å². The quantitative estimate of drug-likeness (QED) is 0.434. The van der Waals surface area contributed by atoms with E-state index in [9.17, 15) is 15.3 Å². The molecule has 4 fully saturated rings. The summed E-state index contributed by atoms with van der Waals surface area (Å²) in [7, 11) is 0. The van der Waals surface area contributed by atoms with Crippen molar-refractivity contribution in [3.8, 4) is 5.75 Å². The van der Waals surface area contributed by atoms with Crippen LogP contribution in [-0.2, 0) is 5.60 Å². The van der Waals surface area contributed by atoms with Crippen molar-refractivity contribution in [3.63, 3.8) is 0 Å². The van der Waals surface area contributed by atoms with E-state index in [1.54, 1.807) is 19.4 Å². The molecule has 0 heterocycles. The van der Waals surface area contributed by atoms with E-state index < -0.39 is 5.60 Å². The highest BCUT2D eigenvalue weighted by Crippen LogP contribution is 2.60. The third-order valence-electron chi connectivity index (χ3n) is 10.4. The Morgan fingerprint density at radius 3 is 2.47 bits per heavy atom. The van der Waals surface area contributed by atoms with Gasteiger partial charge in [0, 0.05) is 5.41 Å². The van der Waals surface area contributed by atoms with Crippen molar-refractivity contribution in [1.82, 2.24) is 0 Å². The first-order valence-electron chi connectivity index (χ1n) is 14.2. The Kier molecular flexibility index (Phi) is 6.93. The third-order valence-corrected chi connectivity index (χ3v) is 10.4. The lowest BCUT2D eigenvalue weighted by Gasteiger charge is -2.44. The molecule has 0 saturated heterocycles. The van der Waals surface area contributed by atoms with E-state index in [-0.39, 0.29) is 17.6 Å². The molecule has 1 spiro atoms. The number of hydrogen-bond donors (Lipinski definition) is 3. The third kappa shape index (κ3) is 4.81. The summed E-state index contributed by atoms with van der Waals surface area (Å²) in [6, 6.07) is 7.86. The van der Waals surface area contributed by atoms with Crippen molar-refractivity contribution in [3.05, 3.63) is 53.1 Å². The zero-order valence-electron chi connectivity index (χ0n) is 22.7. The summed E-state index contributed by atoms with van der Waals surface area (Å²) in [5.41, 5.74) is 2.88. The maximum atomic E-state index is 10.6. The maximum absolute atomic E-state index is 10.6. The van der Waals surface area contributed by atoms with Gasteiger partial charge in [-0.25, -0.2) is 0 Å². The molecule has 1 aromatic rings. The number of benzene rings is 1. The average Bonchev–Trinajstić information content (AvgIpc) is 3.56. The molecular formula is C32H46O4. The lowest BCUT2D eigenvalue weighted by atomic mass is 9.61. The second-order valence-electron chi connectivity index (χ2n) is 13.2. The number of ether oxygens (including phenoxy) is 1. The lowest BCUT2D eigenvalue weighted by molar-refractivity contribution is -0.0225. The normalized spacial score (nSPS) is 35.5. The molecule has 0 aliphatic heterocycles. The van der Waals surface area contributed by atoms with Crippen LogP contribution in [0.2, 0.25) is 0 Å². The molecule has 0 radical (unpaired) electrons. The van der Waals surface area contributed by atoms with Crippen molar-refractivity contribution in [2.45, 2.75) is 103 Å². The fraction of sp³-hybridized carbons (Fsp3) is 0.688. The Bertz CT molecular complexity index is 997. The van der Waals surface area contributed by atoms with Gasteiger partial charge in [-0.1, -0.05) is 49.3 Å². The zero-order valence-corrected chi connectivity index (χ0v) is 22.7. The minimum atomic E-state index is -0.871. The van der Waals surface area contributed by atoms with Gasteiger partial charge >= 0.3 is 0 Å². The van der Waals surface area contributed by atoms with Gasteiger partial charge in [-0.05, 0) is 112 Å². The van der Waals surface area contributed by atoms with Crippen LogP contribution < -0.4 is 4.74 Å². The molecule has 4 aliphatic carbocycles. The van der Waals surface area contributed by atoms with E-state index in [1.165, 1.54) is 37.7 Å². The van der Waals surface area contributed by atoms with E-state index in [4.69, 9.17) is 4.74 Å². The van der Waals surface area contributed by atoms with Gasteiger partial charge in [0.15, 0.2) is 0 Å². The molecule has 0 aromatic heterocycles. The highest BCUT2D eigenvalue weighted by molar-refractivity contribution is 5.32. The number of aliphatic hydroxyl groups excluding tert-OH is 2. The van der Waals surface area contributed by atoms with Gasteiger partial charge in [0.25, 0.3) is 0 Å². The predicted octanol–water partition coefficient (Wildman–Crippen LogP) is 6.29. The number of aliphatic hydroxyl groups is 3. The monoisotopic (exact) mass is 494 g/mol. The first-order valence-corrected chi connectivity index (χ1v) is 14.2. The van der Waals surface area contributed by atoms with Gasteiger partial charge in [-0.2, -0.15) is 0 Å². The van der Waals surface area contributed by atoms with Crippen molar-refractivity contribution in [2.24, 2.45) is 28.6 Å². The summed E-state index contributed by atoms with van der Waals surface area (Å²) in [4.78, 5) is 0. The molecule has 0 amide bonds. The Morgan fingerprint density at radius 1 is 1.08 bits per heavy atom. The summed E-state index contributed by atoms with van der Waals surface area (Å²) < 4.78 is 6.25. The standard InChI is InChI=1S/C32H46O4/c1-21(20-36-25-9-5-8-24(19-25)30(2,3)35)26-12-13-27-23(7-6-14-31(26,27)4)11-10-22-17-28(33)32(15-16-32)29(34)18-22/h5,8-11,19,21,26-29,33-35H,6-7,12-18,20H2,1-4H3/t21-,26?,27?,28+,29+,31?/m0/s1. The van der Waals surface area contributed by atoms with Crippen LogP contribution in [0.1, 0.15) is 91.0 Å². The number of hydrogen-bond acceptors (Lipinski definition) is 4. The first kappa shape index (κ1) is 26.0. The molecular weight excluding hydrogens is 448 g/mol. The molecule has 4 aliphatic rings. The molecule has 3 unspecified atom stereocenters. The molecule has 0 bridgehead atoms. The van der Waals surface area contributed by atoms with Gasteiger partial charge in [0.1, 0.15) is 5.75 Å². The minimum Gasteiger partial charge on any atom is -0.493 e. The minimum absolute atomic E-state index is 0.194. The zero-order chi connectivity index (χ0) is 25.7. The van der Waals surface area contributed by atoms with E-state index in [1.807, 2.05) is 24.3 Å². The fourth-order valence-electron chi connectivity index (χ4n) is 7.90. The molecule has 6 atom stereocenters. The van der Waals surface area contributed by atoms with Gasteiger partial charge in [0.05, 0.1) is 24.4 Å². The molecule has 4 heteroatoms. The van der Waals surface area contributed by atoms with Crippen LogP contribution in [0.3, 0.4) is 0 Å². The average molecular weight is 495 g/mol. The molecule has 36 heavy (non-hydrogen) atoms. The van der Waals surface area contributed by atoms with Crippen molar-refractivity contribution < 1.29 is 20.1 Å². The highest BCUT2D eigenvalue weighted by atomic mass is 16.5. The van der Waals surface area contributed by atoms with Gasteiger partial charge in [-0.15, -0.1) is 0 Å². The van der Waals surface area contributed by atoms with E-state index >= 15 is 0 Å². The highest BCUT2D eigenvalue weighted by Gasteiger charge is 2.56. The summed E-state index contributed by atoms with van der Waals surface area (Å²) in [6.45, 7) is 9.16. The van der Waals surface area contributed by atoms with Crippen LogP contribution in [0.4, 0.5) is 0 Å². The van der Waals surface area contributed by atoms with E-state index in [2.05, 4.69) is 26.0 Å². The molecule has 4 saturated carbocycles. The number of rotatable bonds is 6. The Morgan fingerprint density at radius 2 is 1.81 bits per heavy atom. The Labute approximate surface area is 217 Å². The van der Waals surface area contributed by atoms with Crippen molar-refractivity contribution in [2.75, 3.05) is 6.61 Å². The molecule has 5 rings (SSSR count). The Balaban J connectivity index is 1.24. The van der Waals surface area contributed by atoms with Crippen LogP contribution in [0.15, 0.2) is 47.6 Å². The summed E-state index contributed by atoms with van der Waals surface area (Å²) in [5.74, 6) is 2.54. The summed E-state index contributed by atoms with van der Waals surface area (Å²) >= 11 is 0. The second-order valence-corrected chi connectivity index (χ2v) is 13.2. The maximum Gasteiger partial charge on any atom is 0.119 e. The van der Waals surface area contributed by atoms with E-state index in [0.717, 1.165) is 24.2 Å². The number of fused-ring (bicyclic) bond motifs is 1. The predicted molar refractivity (Wildman–Crippen MR) is 144 cm³/mol. The first-order chi connectivity index (χ1) is 17.0. The largest absolute Gasteiger partial charge is 0.493 e. The topological polar surface area (TPSA) is 69.9 Å². The molecule has 3 N–H and O–H groups in total. The SMILES string of the molecule is C[C@@H](COc1cccc(C(C)(C)O)c1)C1CCC2C(=CC=C3C[C@@H](O)C4(CC4)[C@H](O)C3)CCCC21C.